The average molecular weight is 316 g/mol. The number of hydrogen-bond acceptors (Lipinski definition) is 4. The zero-order valence-corrected chi connectivity index (χ0v) is 11.5. The van der Waals surface area contributed by atoms with Crippen molar-refractivity contribution in [2.75, 3.05) is 5.73 Å². The van der Waals surface area contributed by atoms with Gasteiger partial charge in [0.05, 0.1) is 21.9 Å². The Kier molecular flexibility index (Phi) is 3.05. The third kappa shape index (κ3) is 2.37. The van der Waals surface area contributed by atoms with Crippen LogP contribution in [0.25, 0.3) is 10.9 Å². The van der Waals surface area contributed by atoms with Gasteiger partial charge in [-0.2, -0.15) is 0 Å². The molecule has 4 nitrogen and oxygen atoms in total. The number of nitrogens with two attached hydrogens (primary N) is 1. The summed E-state index contributed by atoms with van der Waals surface area (Å²) in [6.07, 6.45) is 3.31. The fraction of sp³-hybridized carbons (Fsp3) is 0. The second-order valence-corrected chi connectivity index (χ2v) is 4.84. The molecule has 5 heteroatoms. The van der Waals surface area contributed by atoms with E-state index in [2.05, 4.69) is 25.9 Å². The number of pyridine rings is 2. The highest BCUT2D eigenvalue weighted by Crippen LogP contribution is 2.32. The summed E-state index contributed by atoms with van der Waals surface area (Å²) in [6.45, 7) is 0. The Morgan fingerprint density at radius 2 is 2.00 bits per heavy atom. The predicted molar refractivity (Wildman–Crippen MR) is 78.2 cm³/mol. The molecule has 0 amide bonds. The van der Waals surface area contributed by atoms with Gasteiger partial charge in [0.1, 0.15) is 5.75 Å². The molecule has 94 valence electrons. The lowest BCUT2D eigenvalue weighted by molar-refractivity contribution is 0.465. The Balaban J connectivity index is 2.06. The first-order chi connectivity index (χ1) is 9.24. The summed E-state index contributed by atoms with van der Waals surface area (Å²) in [5.41, 5.74) is 7.12. The maximum Gasteiger partial charge on any atom is 0.233 e. The maximum absolute atomic E-state index is 5.82. The van der Waals surface area contributed by atoms with Crippen molar-refractivity contribution in [3.05, 3.63) is 53.3 Å². The first kappa shape index (κ1) is 11.9. The Bertz CT molecular complexity index is 740. The number of nitrogen functional groups attached to an aromatic ring is 1. The van der Waals surface area contributed by atoms with Gasteiger partial charge in [-0.05, 0) is 46.3 Å². The van der Waals surface area contributed by atoms with Crippen molar-refractivity contribution >= 4 is 32.5 Å². The quantitative estimate of drug-likeness (QED) is 0.782. The summed E-state index contributed by atoms with van der Waals surface area (Å²) < 4.78 is 6.54. The van der Waals surface area contributed by atoms with Crippen molar-refractivity contribution in [3.63, 3.8) is 0 Å². The normalized spacial score (nSPS) is 10.6. The Morgan fingerprint density at radius 1 is 1.11 bits per heavy atom. The molecule has 0 saturated heterocycles. The van der Waals surface area contributed by atoms with Crippen LogP contribution in [0.15, 0.2) is 53.3 Å². The lowest BCUT2D eigenvalue weighted by Crippen LogP contribution is -1.93. The average Bonchev–Trinajstić information content (AvgIpc) is 2.42. The molecule has 2 aromatic heterocycles. The van der Waals surface area contributed by atoms with Gasteiger partial charge in [-0.25, -0.2) is 4.98 Å². The fourth-order valence-electron chi connectivity index (χ4n) is 1.78. The number of fused-ring (bicyclic) bond motifs is 1. The number of halogens is 1. The third-order valence-corrected chi connectivity index (χ3v) is 3.21. The molecule has 2 heterocycles. The summed E-state index contributed by atoms with van der Waals surface area (Å²) in [5, 5.41) is 0.940. The molecule has 0 atom stereocenters. The van der Waals surface area contributed by atoms with Crippen LogP contribution in [0.4, 0.5) is 5.69 Å². The molecule has 0 aliphatic heterocycles. The standard InChI is InChI=1S/C14H10BrN3O/c15-11-7-9(16)8-18-14(11)19-13-5-1-4-12-10(13)3-2-6-17-12/h1-8H,16H2. The van der Waals surface area contributed by atoms with Gasteiger partial charge in [0, 0.05) is 11.6 Å². The number of nitrogens with zero attached hydrogens (tertiary/aromatic N) is 2. The van der Waals surface area contributed by atoms with E-state index >= 15 is 0 Å². The smallest absolute Gasteiger partial charge is 0.233 e. The Labute approximate surface area is 118 Å². The minimum Gasteiger partial charge on any atom is -0.437 e. The topological polar surface area (TPSA) is 61.0 Å². The summed E-state index contributed by atoms with van der Waals surface area (Å²) >= 11 is 3.39. The molecule has 19 heavy (non-hydrogen) atoms. The summed E-state index contributed by atoms with van der Waals surface area (Å²) in [7, 11) is 0. The monoisotopic (exact) mass is 315 g/mol. The zero-order valence-electron chi connectivity index (χ0n) is 9.88. The van der Waals surface area contributed by atoms with E-state index in [0.717, 1.165) is 10.9 Å². The van der Waals surface area contributed by atoms with E-state index < -0.39 is 0 Å². The molecule has 3 aromatic rings. The van der Waals surface area contributed by atoms with E-state index in [1.807, 2.05) is 30.3 Å². The first-order valence-electron chi connectivity index (χ1n) is 5.66. The highest BCUT2D eigenvalue weighted by molar-refractivity contribution is 9.10. The Hall–Kier alpha value is -2.14. The third-order valence-electron chi connectivity index (χ3n) is 2.64. The SMILES string of the molecule is Nc1cnc(Oc2cccc3ncccc23)c(Br)c1. The van der Waals surface area contributed by atoms with Crippen LogP contribution in [0.5, 0.6) is 11.6 Å². The van der Waals surface area contributed by atoms with Crippen molar-refractivity contribution in [2.45, 2.75) is 0 Å². The molecule has 0 aliphatic carbocycles. The van der Waals surface area contributed by atoms with Crippen LogP contribution in [-0.4, -0.2) is 9.97 Å². The maximum atomic E-state index is 5.82. The molecular formula is C14H10BrN3O. The predicted octanol–water partition coefficient (Wildman–Crippen LogP) is 3.77. The second-order valence-electron chi connectivity index (χ2n) is 3.98. The van der Waals surface area contributed by atoms with Gasteiger partial charge < -0.3 is 10.5 Å². The van der Waals surface area contributed by atoms with E-state index in [0.29, 0.717) is 21.8 Å². The van der Waals surface area contributed by atoms with Crippen molar-refractivity contribution in [1.82, 2.24) is 9.97 Å². The minimum atomic E-state index is 0.477. The van der Waals surface area contributed by atoms with Gasteiger partial charge in [0.15, 0.2) is 0 Å². The number of aromatic nitrogens is 2. The van der Waals surface area contributed by atoms with Crippen LogP contribution < -0.4 is 10.5 Å². The van der Waals surface area contributed by atoms with Gasteiger partial charge in [-0.3, -0.25) is 4.98 Å². The molecule has 0 bridgehead atoms. The van der Waals surface area contributed by atoms with E-state index in [1.165, 1.54) is 0 Å². The molecule has 0 spiro atoms. The molecule has 0 fully saturated rings. The van der Waals surface area contributed by atoms with Crippen LogP contribution in [0.2, 0.25) is 0 Å². The zero-order chi connectivity index (χ0) is 13.2. The van der Waals surface area contributed by atoms with Crippen LogP contribution in [0.1, 0.15) is 0 Å². The number of ether oxygens (including phenoxy) is 1. The lowest BCUT2D eigenvalue weighted by atomic mass is 10.2. The van der Waals surface area contributed by atoms with Crippen molar-refractivity contribution < 1.29 is 4.74 Å². The Morgan fingerprint density at radius 3 is 2.84 bits per heavy atom. The van der Waals surface area contributed by atoms with E-state index in [4.69, 9.17) is 10.5 Å². The second kappa shape index (κ2) is 4.85. The molecule has 2 N–H and O–H groups in total. The molecule has 1 aromatic carbocycles. The number of rotatable bonds is 2. The van der Waals surface area contributed by atoms with E-state index in [9.17, 15) is 0 Å². The van der Waals surface area contributed by atoms with Gasteiger partial charge in [0.25, 0.3) is 0 Å². The first-order valence-corrected chi connectivity index (χ1v) is 6.46. The summed E-state index contributed by atoms with van der Waals surface area (Å²) in [5.74, 6) is 1.19. The fourth-order valence-corrected chi connectivity index (χ4v) is 2.23. The van der Waals surface area contributed by atoms with Crippen LogP contribution in [0.3, 0.4) is 0 Å². The molecule has 0 radical (unpaired) electrons. The summed E-state index contributed by atoms with van der Waals surface area (Å²) in [4.78, 5) is 8.45. The van der Waals surface area contributed by atoms with Gasteiger partial charge in [-0.15, -0.1) is 0 Å². The van der Waals surface area contributed by atoms with Crippen LogP contribution in [0, 0.1) is 0 Å². The van der Waals surface area contributed by atoms with Crippen LogP contribution >= 0.6 is 15.9 Å². The molecule has 0 aliphatic rings. The van der Waals surface area contributed by atoms with Crippen LogP contribution in [-0.2, 0) is 0 Å². The molecule has 0 unspecified atom stereocenters. The highest BCUT2D eigenvalue weighted by atomic mass is 79.9. The number of benzene rings is 1. The lowest BCUT2D eigenvalue weighted by Gasteiger charge is -2.09. The van der Waals surface area contributed by atoms with E-state index in [-0.39, 0.29) is 0 Å². The number of hydrogen-bond donors (Lipinski definition) is 1. The van der Waals surface area contributed by atoms with Gasteiger partial charge >= 0.3 is 0 Å². The van der Waals surface area contributed by atoms with Crippen molar-refractivity contribution in [1.29, 1.82) is 0 Å². The molecule has 0 saturated carbocycles. The number of anilines is 1. The van der Waals surface area contributed by atoms with Crippen molar-refractivity contribution in [2.24, 2.45) is 0 Å². The van der Waals surface area contributed by atoms with Gasteiger partial charge in [0.2, 0.25) is 5.88 Å². The minimum absolute atomic E-state index is 0.477. The molecule has 3 rings (SSSR count). The van der Waals surface area contributed by atoms with Crippen molar-refractivity contribution in [3.8, 4) is 11.6 Å². The van der Waals surface area contributed by atoms with E-state index in [1.54, 1.807) is 18.5 Å². The summed E-state index contributed by atoms with van der Waals surface area (Å²) in [6, 6.07) is 11.3. The molecular weight excluding hydrogens is 306 g/mol. The highest BCUT2D eigenvalue weighted by Gasteiger charge is 2.08. The largest absolute Gasteiger partial charge is 0.437 e. The van der Waals surface area contributed by atoms with Gasteiger partial charge in [-0.1, -0.05) is 6.07 Å².